The Morgan fingerprint density at radius 2 is 1.78 bits per heavy atom. The van der Waals surface area contributed by atoms with Gasteiger partial charge < -0.3 is 10.6 Å². The van der Waals surface area contributed by atoms with Crippen molar-refractivity contribution in [2.75, 3.05) is 11.9 Å². The molecule has 1 aromatic carbocycles. The maximum Gasteiger partial charge on any atom is 0.229 e. The van der Waals surface area contributed by atoms with E-state index in [9.17, 15) is 0 Å². The predicted octanol–water partition coefficient (Wildman–Crippen LogP) is 2.53. The second-order valence-corrected chi connectivity index (χ2v) is 4.55. The second kappa shape index (κ2) is 5.29. The molecule has 2 N–H and O–H groups in total. The molecule has 1 aromatic heterocycles. The van der Waals surface area contributed by atoms with Gasteiger partial charge in [0, 0.05) is 18.3 Å². The maximum absolute atomic E-state index is 5.75. The molecule has 0 aliphatic carbocycles. The van der Waals surface area contributed by atoms with Gasteiger partial charge in [-0.15, -0.1) is 0 Å². The number of hydrogen-bond donors (Lipinski definition) is 1. The standard InChI is InChI=1S/C12H11ClN4S/c1-17(12-15-6-9(13)7-16-12)10-4-2-8(3-5-10)11(14)18/h2-7H,1H3,(H2,14,18). The van der Waals surface area contributed by atoms with Crippen molar-refractivity contribution in [2.45, 2.75) is 0 Å². The van der Waals surface area contributed by atoms with Crippen molar-refractivity contribution in [1.29, 1.82) is 0 Å². The van der Waals surface area contributed by atoms with E-state index in [-0.39, 0.29) is 0 Å². The molecule has 0 fully saturated rings. The first kappa shape index (κ1) is 12.7. The normalized spacial score (nSPS) is 10.1. The van der Waals surface area contributed by atoms with E-state index in [4.69, 9.17) is 29.6 Å². The lowest BCUT2D eigenvalue weighted by molar-refractivity contribution is 1.04. The van der Waals surface area contributed by atoms with Gasteiger partial charge in [-0.25, -0.2) is 9.97 Å². The molecule has 2 aromatic rings. The summed E-state index contributed by atoms with van der Waals surface area (Å²) in [7, 11) is 1.87. The zero-order valence-electron chi connectivity index (χ0n) is 9.67. The van der Waals surface area contributed by atoms with Crippen molar-refractivity contribution >= 4 is 40.4 Å². The van der Waals surface area contributed by atoms with Crippen molar-refractivity contribution < 1.29 is 0 Å². The summed E-state index contributed by atoms with van der Waals surface area (Å²) in [5.41, 5.74) is 7.32. The SMILES string of the molecule is CN(c1ccc(C(N)=S)cc1)c1ncc(Cl)cn1. The third-order valence-corrected chi connectivity index (χ3v) is 2.88. The molecule has 0 aliphatic heterocycles. The van der Waals surface area contributed by atoms with Crippen LogP contribution in [0, 0.1) is 0 Å². The van der Waals surface area contributed by atoms with Gasteiger partial charge in [0.25, 0.3) is 0 Å². The summed E-state index contributed by atoms with van der Waals surface area (Å²) in [6.45, 7) is 0. The Morgan fingerprint density at radius 3 is 2.28 bits per heavy atom. The second-order valence-electron chi connectivity index (χ2n) is 3.67. The zero-order chi connectivity index (χ0) is 13.1. The van der Waals surface area contributed by atoms with Crippen molar-refractivity contribution in [2.24, 2.45) is 5.73 Å². The molecule has 0 amide bonds. The van der Waals surface area contributed by atoms with Crippen molar-refractivity contribution in [3.8, 4) is 0 Å². The minimum absolute atomic E-state index is 0.381. The summed E-state index contributed by atoms with van der Waals surface area (Å²) in [5.74, 6) is 0.572. The van der Waals surface area contributed by atoms with Gasteiger partial charge in [0.1, 0.15) is 4.99 Å². The summed E-state index contributed by atoms with van der Waals surface area (Å²) < 4.78 is 0. The Kier molecular flexibility index (Phi) is 3.74. The average molecular weight is 279 g/mol. The molecule has 6 heteroatoms. The molecule has 92 valence electrons. The first-order valence-electron chi connectivity index (χ1n) is 5.19. The van der Waals surface area contributed by atoms with Gasteiger partial charge in [0.05, 0.1) is 17.4 Å². The van der Waals surface area contributed by atoms with E-state index in [1.165, 1.54) is 0 Å². The predicted molar refractivity (Wildman–Crippen MR) is 77.4 cm³/mol. The van der Waals surface area contributed by atoms with Crippen LogP contribution >= 0.6 is 23.8 Å². The number of anilines is 2. The molecular formula is C12H11ClN4S. The molecule has 4 nitrogen and oxygen atoms in total. The summed E-state index contributed by atoms with van der Waals surface area (Å²) in [6, 6.07) is 7.55. The highest BCUT2D eigenvalue weighted by molar-refractivity contribution is 7.80. The minimum Gasteiger partial charge on any atom is -0.389 e. The fraction of sp³-hybridized carbons (Fsp3) is 0.0833. The Balaban J connectivity index is 2.25. The van der Waals surface area contributed by atoms with Crippen LogP contribution in [0.1, 0.15) is 5.56 Å². The quantitative estimate of drug-likeness (QED) is 0.875. The van der Waals surface area contributed by atoms with Crippen LogP contribution in [-0.2, 0) is 0 Å². The molecule has 1 heterocycles. The van der Waals surface area contributed by atoms with E-state index in [0.717, 1.165) is 11.3 Å². The Morgan fingerprint density at radius 1 is 1.22 bits per heavy atom. The largest absolute Gasteiger partial charge is 0.389 e. The molecule has 2 rings (SSSR count). The molecule has 0 saturated heterocycles. The lowest BCUT2D eigenvalue weighted by Gasteiger charge is -2.17. The van der Waals surface area contributed by atoms with E-state index >= 15 is 0 Å². The van der Waals surface area contributed by atoms with Crippen LogP contribution in [0.25, 0.3) is 0 Å². The third kappa shape index (κ3) is 2.75. The van der Waals surface area contributed by atoms with Crippen LogP contribution in [0.15, 0.2) is 36.7 Å². The highest BCUT2D eigenvalue weighted by atomic mass is 35.5. The molecule has 0 bridgehead atoms. The Labute approximate surface area is 115 Å². The number of benzene rings is 1. The van der Waals surface area contributed by atoms with E-state index in [0.29, 0.717) is 16.0 Å². The van der Waals surface area contributed by atoms with E-state index in [1.807, 2.05) is 36.2 Å². The smallest absolute Gasteiger partial charge is 0.229 e. The molecule has 18 heavy (non-hydrogen) atoms. The molecule has 0 atom stereocenters. The first-order valence-corrected chi connectivity index (χ1v) is 5.97. The number of thiocarbonyl (C=S) groups is 1. The number of hydrogen-bond acceptors (Lipinski definition) is 4. The first-order chi connectivity index (χ1) is 8.58. The number of nitrogens with zero attached hydrogens (tertiary/aromatic N) is 3. The fourth-order valence-electron chi connectivity index (χ4n) is 1.44. The maximum atomic E-state index is 5.75. The fourth-order valence-corrected chi connectivity index (χ4v) is 1.68. The van der Waals surface area contributed by atoms with Crippen molar-refractivity contribution in [3.05, 3.63) is 47.2 Å². The molecule has 0 aliphatic rings. The van der Waals surface area contributed by atoms with Crippen LogP contribution in [0.3, 0.4) is 0 Å². The number of aromatic nitrogens is 2. The van der Waals surface area contributed by atoms with E-state index < -0.39 is 0 Å². The van der Waals surface area contributed by atoms with Crippen molar-refractivity contribution in [3.63, 3.8) is 0 Å². The van der Waals surface area contributed by atoms with Crippen LogP contribution in [-0.4, -0.2) is 22.0 Å². The molecular weight excluding hydrogens is 268 g/mol. The van der Waals surface area contributed by atoms with Gasteiger partial charge in [-0.1, -0.05) is 23.8 Å². The minimum atomic E-state index is 0.381. The Bertz CT molecular complexity index is 553. The van der Waals surface area contributed by atoms with Gasteiger partial charge in [-0.05, 0) is 24.3 Å². The lowest BCUT2D eigenvalue weighted by Crippen LogP contribution is -2.14. The van der Waals surface area contributed by atoms with Gasteiger partial charge in [-0.3, -0.25) is 0 Å². The van der Waals surface area contributed by atoms with Crippen LogP contribution in [0.5, 0.6) is 0 Å². The lowest BCUT2D eigenvalue weighted by atomic mass is 10.2. The van der Waals surface area contributed by atoms with Crippen LogP contribution in [0.2, 0.25) is 5.02 Å². The van der Waals surface area contributed by atoms with Gasteiger partial charge in [0.15, 0.2) is 0 Å². The number of halogens is 1. The van der Waals surface area contributed by atoms with Crippen LogP contribution < -0.4 is 10.6 Å². The third-order valence-electron chi connectivity index (χ3n) is 2.45. The monoisotopic (exact) mass is 278 g/mol. The van der Waals surface area contributed by atoms with Crippen molar-refractivity contribution in [1.82, 2.24) is 9.97 Å². The number of nitrogens with two attached hydrogens (primary N) is 1. The average Bonchev–Trinajstić information content (AvgIpc) is 2.39. The summed E-state index contributed by atoms with van der Waals surface area (Å²) in [5, 5.41) is 0.510. The molecule has 0 radical (unpaired) electrons. The van der Waals surface area contributed by atoms with E-state index in [1.54, 1.807) is 12.4 Å². The van der Waals surface area contributed by atoms with Gasteiger partial charge >= 0.3 is 0 Å². The molecule has 0 saturated carbocycles. The molecule has 0 spiro atoms. The zero-order valence-corrected chi connectivity index (χ0v) is 11.2. The molecule has 0 unspecified atom stereocenters. The number of rotatable bonds is 3. The highest BCUT2D eigenvalue weighted by Crippen LogP contribution is 2.20. The summed E-state index contributed by atoms with van der Waals surface area (Å²) in [6.07, 6.45) is 3.12. The summed E-state index contributed by atoms with van der Waals surface area (Å²) in [4.78, 5) is 10.5. The summed E-state index contributed by atoms with van der Waals surface area (Å²) >= 11 is 10.6. The van der Waals surface area contributed by atoms with Gasteiger partial charge in [0.2, 0.25) is 5.95 Å². The highest BCUT2D eigenvalue weighted by Gasteiger charge is 2.07. The van der Waals surface area contributed by atoms with Gasteiger partial charge in [-0.2, -0.15) is 0 Å². The van der Waals surface area contributed by atoms with Crippen LogP contribution in [0.4, 0.5) is 11.6 Å². The van der Waals surface area contributed by atoms with E-state index in [2.05, 4.69) is 9.97 Å². The topological polar surface area (TPSA) is 55.0 Å². The Hall–Kier alpha value is -1.72.